The molecule has 3 N–H and O–H groups in total. The lowest BCUT2D eigenvalue weighted by Crippen LogP contribution is -2.61. The molecule has 2 atom stereocenters. The van der Waals surface area contributed by atoms with Gasteiger partial charge < -0.3 is 20.7 Å². The second-order valence-electron chi connectivity index (χ2n) is 12.6. The summed E-state index contributed by atoms with van der Waals surface area (Å²) < 4.78 is 7.65. The van der Waals surface area contributed by atoms with Crippen molar-refractivity contribution < 1.29 is 19.1 Å². The van der Waals surface area contributed by atoms with Crippen molar-refractivity contribution in [3.05, 3.63) is 17.8 Å². The van der Waals surface area contributed by atoms with Crippen LogP contribution in [0.25, 0.3) is 6.20 Å². The number of aromatic nitrogens is 2. The number of ether oxygens (including phenoxy) is 1. The van der Waals surface area contributed by atoms with Crippen LogP contribution in [0, 0.1) is 29.1 Å². The van der Waals surface area contributed by atoms with Crippen LogP contribution in [0.4, 0.5) is 0 Å². The van der Waals surface area contributed by atoms with Crippen LogP contribution in [0.5, 0.6) is 5.88 Å². The summed E-state index contributed by atoms with van der Waals surface area (Å²) >= 11 is 0. The second kappa shape index (κ2) is 10.5. The van der Waals surface area contributed by atoms with Crippen molar-refractivity contribution in [1.82, 2.24) is 25.7 Å². The summed E-state index contributed by atoms with van der Waals surface area (Å²) in [7, 11) is 0. The molecule has 204 valence electrons. The van der Waals surface area contributed by atoms with Gasteiger partial charge >= 0.3 is 0 Å². The third-order valence-corrected chi connectivity index (χ3v) is 8.09. The zero-order valence-corrected chi connectivity index (χ0v) is 23.1. The molecule has 4 fully saturated rings. The molecule has 9 nitrogen and oxygen atoms in total. The number of rotatable bonds is 10. The zero-order valence-electron chi connectivity index (χ0n) is 23.1. The van der Waals surface area contributed by atoms with Crippen molar-refractivity contribution in [3.8, 4) is 5.88 Å². The van der Waals surface area contributed by atoms with Gasteiger partial charge in [-0.2, -0.15) is 5.10 Å². The third-order valence-electron chi connectivity index (χ3n) is 8.09. The minimum atomic E-state index is -0.580. The Morgan fingerprint density at radius 3 is 2.43 bits per heavy atom. The number of amides is 3. The van der Waals surface area contributed by atoms with E-state index in [-0.39, 0.29) is 35.1 Å². The monoisotopic (exact) mass is 513 g/mol. The van der Waals surface area contributed by atoms with E-state index in [0.29, 0.717) is 35.8 Å². The maximum atomic E-state index is 13.6. The molecule has 5 rings (SSSR count). The lowest BCUT2D eigenvalue weighted by atomic mass is 9.48. The normalized spacial score (nSPS) is 28.5. The van der Waals surface area contributed by atoms with Crippen molar-refractivity contribution in [3.63, 3.8) is 0 Å². The molecule has 1 aromatic heterocycles. The summed E-state index contributed by atoms with van der Waals surface area (Å²) in [5, 5.41) is 13.7. The van der Waals surface area contributed by atoms with E-state index in [1.54, 1.807) is 24.0 Å². The summed E-state index contributed by atoms with van der Waals surface area (Å²) in [4.78, 5) is 36.7. The number of hydrogen-bond donors (Lipinski definition) is 3. The molecule has 37 heavy (non-hydrogen) atoms. The van der Waals surface area contributed by atoms with E-state index in [4.69, 9.17) is 4.74 Å². The quantitative estimate of drug-likeness (QED) is 0.444. The van der Waals surface area contributed by atoms with Gasteiger partial charge in [0.25, 0.3) is 5.91 Å². The van der Waals surface area contributed by atoms with Gasteiger partial charge in [0.15, 0.2) is 0 Å². The fraction of sp³-hybridized carbons (Fsp3) is 0.714. The highest BCUT2D eigenvalue weighted by molar-refractivity contribution is 5.96. The minimum absolute atomic E-state index is 0.0287. The predicted molar refractivity (Wildman–Crippen MR) is 142 cm³/mol. The van der Waals surface area contributed by atoms with Crippen molar-refractivity contribution >= 4 is 23.9 Å². The Hall–Kier alpha value is -2.84. The van der Waals surface area contributed by atoms with Gasteiger partial charge in [0, 0.05) is 32.6 Å². The Balaban J connectivity index is 1.50. The van der Waals surface area contributed by atoms with E-state index in [9.17, 15) is 14.4 Å². The van der Waals surface area contributed by atoms with E-state index in [1.165, 1.54) is 13.3 Å². The van der Waals surface area contributed by atoms with E-state index in [2.05, 4.69) is 34.9 Å². The standard InChI is InChI=1S/C28H43N5O4/c1-17(2)15-37-26-23(14-30-33(26)8-7-27(5,6)32-19(4)35)25(36)31-24-21-9-20-10-22(24)13-28(11-20,12-21)16-29-18(3)34/h7-8,14,17,20-22,24H,9-13,15-16H2,1-6H3,(H,29,34)(H,31,36)(H,32,35)/b8-7+/t20?,21?,22?,24-,28-. The molecule has 9 heteroatoms. The van der Waals surface area contributed by atoms with Gasteiger partial charge in [-0.3, -0.25) is 14.4 Å². The summed E-state index contributed by atoms with van der Waals surface area (Å²) in [5.41, 5.74) is 0.0124. The van der Waals surface area contributed by atoms with E-state index >= 15 is 0 Å². The molecule has 1 aromatic rings. The zero-order chi connectivity index (χ0) is 27.0. The molecular formula is C28H43N5O4. The highest BCUT2D eigenvalue weighted by atomic mass is 16.5. The Bertz CT molecular complexity index is 1040. The lowest BCUT2D eigenvalue weighted by Gasteiger charge is -2.60. The van der Waals surface area contributed by atoms with E-state index in [0.717, 1.165) is 32.2 Å². The maximum absolute atomic E-state index is 13.6. The molecule has 1 heterocycles. The molecule has 0 spiro atoms. The van der Waals surface area contributed by atoms with Crippen LogP contribution < -0.4 is 20.7 Å². The second-order valence-corrected chi connectivity index (χ2v) is 12.6. The predicted octanol–water partition coefficient (Wildman–Crippen LogP) is 3.36. The van der Waals surface area contributed by atoms with Crippen molar-refractivity contribution in [1.29, 1.82) is 0 Å². The van der Waals surface area contributed by atoms with Crippen LogP contribution in [0.3, 0.4) is 0 Å². The van der Waals surface area contributed by atoms with Gasteiger partial charge in [-0.1, -0.05) is 13.8 Å². The number of nitrogens with zero attached hydrogens (tertiary/aromatic N) is 2. The van der Waals surface area contributed by atoms with Crippen LogP contribution >= 0.6 is 0 Å². The van der Waals surface area contributed by atoms with Crippen molar-refractivity contribution in [2.45, 2.75) is 85.2 Å². The summed E-state index contributed by atoms with van der Waals surface area (Å²) in [6.07, 6.45) is 10.7. The first-order chi connectivity index (χ1) is 17.4. The Kier molecular flexibility index (Phi) is 7.72. The highest BCUT2D eigenvalue weighted by Gasteiger charge is 2.55. The smallest absolute Gasteiger partial charge is 0.258 e. The molecule has 0 aromatic carbocycles. The highest BCUT2D eigenvalue weighted by Crippen LogP contribution is 2.59. The third kappa shape index (κ3) is 6.36. The van der Waals surface area contributed by atoms with Gasteiger partial charge in [0.1, 0.15) is 5.56 Å². The van der Waals surface area contributed by atoms with Crippen molar-refractivity contribution in [2.24, 2.45) is 29.1 Å². The van der Waals surface area contributed by atoms with Gasteiger partial charge in [-0.05, 0) is 81.1 Å². The molecule has 4 saturated carbocycles. The Morgan fingerprint density at radius 2 is 1.84 bits per heavy atom. The van der Waals surface area contributed by atoms with Gasteiger partial charge in [0.2, 0.25) is 17.7 Å². The average molecular weight is 514 g/mol. The SMILES string of the molecule is CC(=O)NC[C@]12CC3CC(C1)[C@@H](NC(=O)c1cnn(/C=C/C(C)(C)NC(C)=O)c1OCC(C)C)C(C3)C2. The summed E-state index contributed by atoms with van der Waals surface area (Å²) in [6.45, 7) is 12.2. The van der Waals surface area contributed by atoms with Gasteiger partial charge in [-0.25, -0.2) is 4.68 Å². The number of nitrogens with one attached hydrogen (secondary N) is 3. The lowest BCUT2D eigenvalue weighted by molar-refractivity contribution is -0.122. The molecular weight excluding hydrogens is 470 g/mol. The molecule has 4 aliphatic carbocycles. The molecule has 2 unspecified atom stereocenters. The number of carbonyl (C=O) groups is 3. The largest absolute Gasteiger partial charge is 0.477 e. The van der Waals surface area contributed by atoms with Crippen LogP contribution in [0.15, 0.2) is 12.3 Å². The maximum Gasteiger partial charge on any atom is 0.258 e. The molecule has 0 radical (unpaired) electrons. The van der Waals surface area contributed by atoms with Crippen LogP contribution in [-0.4, -0.2) is 52.2 Å². The average Bonchev–Trinajstić information content (AvgIpc) is 3.19. The van der Waals surface area contributed by atoms with Crippen molar-refractivity contribution in [2.75, 3.05) is 13.2 Å². The number of carbonyl (C=O) groups excluding carboxylic acids is 3. The Labute approximate surface area is 220 Å². The first-order valence-electron chi connectivity index (χ1n) is 13.6. The first kappa shape index (κ1) is 27.2. The summed E-state index contributed by atoms with van der Waals surface area (Å²) in [6, 6.07) is 0.130. The van der Waals surface area contributed by atoms with E-state index in [1.807, 2.05) is 19.9 Å². The van der Waals surface area contributed by atoms with E-state index < -0.39 is 5.54 Å². The van der Waals surface area contributed by atoms with Gasteiger partial charge in [-0.15, -0.1) is 0 Å². The first-order valence-corrected chi connectivity index (χ1v) is 13.6. The van der Waals surface area contributed by atoms with Gasteiger partial charge in [0.05, 0.1) is 18.3 Å². The Morgan fingerprint density at radius 1 is 1.16 bits per heavy atom. The minimum Gasteiger partial charge on any atom is -0.477 e. The molecule has 4 aliphatic rings. The van der Waals surface area contributed by atoms with Crippen LogP contribution in [0.1, 0.15) is 84.0 Å². The molecule has 0 aliphatic heterocycles. The van der Waals surface area contributed by atoms with Crippen LogP contribution in [0.2, 0.25) is 0 Å². The fourth-order valence-corrected chi connectivity index (χ4v) is 6.94. The molecule has 3 amide bonds. The number of hydrogen-bond acceptors (Lipinski definition) is 5. The molecule has 4 bridgehead atoms. The fourth-order valence-electron chi connectivity index (χ4n) is 6.94. The topological polar surface area (TPSA) is 114 Å². The summed E-state index contributed by atoms with van der Waals surface area (Å²) in [5.74, 6) is 1.98. The van der Waals surface area contributed by atoms with Crippen LogP contribution in [-0.2, 0) is 9.59 Å². The molecule has 0 saturated heterocycles.